The lowest BCUT2D eigenvalue weighted by Crippen LogP contribution is -2.11. The van der Waals surface area contributed by atoms with Crippen molar-refractivity contribution in [1.82, 2.24) is 4.48 Å². The van der Waals surface area contributed by atoms with Crippen LogP contribution in [-0.4, -0.2) is 17.9 Å². The van der Waals surface area contributed by atoms with Gasteiger partial charge < -0.3 is 8.79 Å². The van der Waals surface area contributed by atoms with Crippen LogP contribution in [0.25, 0.3) is 34.0 Å². The molecule has 0 N–H and O–H groups in total. The van der Waals surface area contributed by atoms with Crippen LogP contribution in [0.4, 0.5) is 4.32 Å². The van der Waals surface area contributed by atoms with Crippen molar-refractivity contribution < 1.29 is 4.32 Å². The van der Waals surface area contributed by atoms with E-state index in [2.05, 4.69) is 126 Å². The normalized spacial score (nSPS) is 14.4. The molecule has 0 fully saturated rings. The number of nitrogens with zero attached hydrogens (tertiary/aromatic N) is 2. The van der Waals surface area contributed by atoms with E-state index in [0.29, 0.717) is 7.69 Å². The molecule has 0 atom stereocenters. The maximum Gasteiger partial charge on any atom is 0.495 e. The first-order valence-corrected chi connectivity index (χ1v) is 15.6. The highest BCUT2D eigenvalue weighted by Crippen LogP contribution is 2.39. The van der Waals surface area contributed by atoms with Crippen LogP contribution in [-0.2, 0) is 10.8 Å². The number of allylic oxidation sites excluding steroid dienone is 2. The minimum atomic E-state index is 0.0272. The maximum absolute atomic E-state index is 15.1. The smallest absolute Gasteiger partial charge is 0.358 e. The van der Waals surface area contributed by atoms with Gasteiger partial charge >= 0.3 is 7.69 Å². The Bertz CT molecular complexity index is 1900. The molecule has 0 saturated carbocycles. The topological polar surface area (TPSA) is 17.3 Å². The molecule has 2 heterocycles. The van der Waals surface area contributed by atoms with E-state index >= 15 is 4.32 Å². The molecule has 45 heavy (non-hydrogen) atoms. The van der Waals surface area contributed by atoms with E-state index in [4.69, 9.17) is 4.99 Å². The SMILES string of the molecule is CC(C)(C)c1ccc(-c2cc(-c3ccc(C(C)(C)C)cc3)n([B]F)c2/C=C2\N=C(c3ccccc3)C=C2c2ccccc2)cc1. The largest absolute Gasteiger partial charge is 0.495 e. The zero-order valence-electron chi connectivity index (χ0n) is 27.0. The Hall–Kier alpha value is -4.70. The van der Waals surface area contributed by atoms with E-state index in [9.17, 15) is 0 Å². The molecule has 0 unspecified atom stereocenters. The molecule has 223 valence electrons. The predicted molar refractivity (Wildman–Crippen MR) is 190 cm³/mol. The molecular formula is C41H39BFN2. The maximum atomic E-state index is 15.1. The van der Waals surface area contributed by atoms with E-state index in [-0.39, 0.29) is 10.8 Å². The van der Waals surface area contributed by atoms with Gasteiger partial charge in [-0.3, -0.25) is 0 Å². The summed E-state index contributed by atoms with van der Waals surface area (Å²) < 4.78 is 16.8. The monoisotopic (exact) mass is 589 g/mol. The number of aromatic nitrogens is 1. The molecule has 6 rings (SSSR count). The van der Waals surface area contributed by atoms with E-state index in [0.717, 1.165) is 56.2 Å². The summed E-state index contributed by atoms with van der Waals surface area (Å²) in [6.07, 6.45) is 4.16. The van der Waals surface area contributed by atoms with Gasteiger partial charge in [0.1, 0.15) is 0 Å². The predicted octanol–water partition coefficient (Wildman–Crippen LogP) is 10.7. The Morgan fingerprint density at radius 2 is 1.13 bits per heavy atom. The Labute approximate surface area is 268 Å². The van der Waals surface area contributed by atoms with E-state index in [1.54, 1.807) is 4.48 Å². The molecule has 2 nitrogen and oxygen atoms in total. The second-order valence-corrected chi connectivity index (χ2v) is 13.8. The summed E-state index contributed by atoms with van der Waals surface area (Å²) in [6, 6.07) is 39.7. The van der Waals surface area contributed by atoms with Crippen molar-refractivity contribution in [2.24, 2.45) is 4.99 Å². The highest BCUT2D eigenvalue weighted by atomic mass is 19.1. The summed E-state index contributed by atoms with van der Waals surface area (Å²) in [6.45, 7) is 13.2. The molecule has 0 saturated heterocycles. The molecule has 5 aromatic rings. The number of hydrogen-bond donors (Lipinski definition) is 0. The lowest BCUT2D eigenvalue weighted by atomic mass is 9.86. The second-order valence-electron chi connectivity index (χ2n) is 13.8. The lowest BCUT2D eigenvalue weighted by molar-refractivity contribution is 0.590. The summed E-state index contributed by atoms with van der Waals surface area (Å²) >= 11 is 0. The molecule has 1 radical (unpaired) electrons. The van der Waals surface area contributed by atoms with Gasteiger partial charge in [-0.25, -0.2) is 4.99 Å². The molecular weight excluding hydrogens is 550 g/mol. The third-order valence-corrected chi connectivity index (χ3v) is 8.51. The van der Waals surface area contributed by atoms with Gasteiger partial charge in [-0.2, -0.15) is 0 Å². The minimum Gasteiger partial charge on any atom is -0.358 e. The Balaban J connectivity index is 1.56. The van der Waals surface area contributed by atoms with Gasteiger partial charge in [0.25, 0.3) is 0 Å². The molecule has 0 spiro atoms. The third-order valence-electron chi connectivity index (χ3n) is 8.51. The van der Waals surface area contributed by atoms with Crippen molar-refractivity contribution >= 4 is 25.1 Å². The Kier molecular flexibility index (Phi) is 8.09. The second kappa shape index (κ2) is 12.0. The van der Waals surface area contributed by atoms with Gasteiger partial charge in [-0.05, 0) is 56.9 Å². The van der Waals surface area contributed by atoms with Crippen LogP contribution in [0.3, 0.4) is 0 Å². The van der Waals surface area contributed by atoms with Crippen LogP contribution in [0, 0.1) is 0 Å². The summed E-state index contributed by atoms with van der Waals surface area (Å²) in [7, 11) is 0.676. The molecule has 1 aromatic heterocycles. The number of halogens is 1. The quantitative estimate of drug-likeness (QED) is 0.175. The van der Waals surface area contributed by atoms with Crippen molar-refractivity contribution in [3.63, 3.8) is 0 Å². The molecule has 4 heteroatoms. The average molecular weight is 590 g/mol. The number of aliphatic imine (C=N–C) groups is 1. The van der Waals surface area contributed by atoms with Crippen LogP contribution >= 0.6 is 0 Å². The van der Waals surface area contributed by atoms with Crippen molar-refractivity contribution in [1.29, 1.82) is 0 Å². The van der Waals surface area contributed by atoms with Gasteiger partial charge in [-0.1, -0.05) is 151 Å². The van der Waals surface area contributed by atoms with Crippen LogP contribution in [0.5, 0.6) is 0 Å². The number of benzene rings is 4. The highest BCUT2D eigenvalue weighted by Gasteiger charge is 2.23. The van der Waals surface area contributed by atoms with Crippen LogP contribution in [0.15, 0.2) is 132 Å². The summed E-state index contributed by atoms with van der Waals surface area (Å²) in [5, 5.41) is 0. The fourth-order valence-electron chi connectivity index (χ4n) is 5.81. The van der Waals surface area contributed by atoms with Crippen molar-refractivity contribution in [3.8, 4) is 22.4 Å². The molecule has 0 bridgehead atoms. The number of hydrogen-bond acceptors (Lipinski definition) is 1. The van der Waals surface area contributed by atoms with Crippen LogP contribution < -0.4 is 0 Å². The van der Waals surface area contributed by atoms with Crippen LogP contribution in [0.2, 0.25) is 0 Å². The van der Waals surface area contributed by atoms with Crippen molar-refractivity contribution in [2.75, 3.05) is 0 Å². The van der Waals surface area contributed by atoms with E-state index < -0.39 is 0 Å². The average Bonchev–Trinajstić information content (AvgIpc) is 3.63. The van der Waals surface area contributed by atoms with Gasteiger partial charge in [0.05, 0.1) is 11.4 Å². The molecule has 1 aliphatic rings. The molecule has 0 amide bonds. The highest BCUT2D eigenvalue weighted by molar-refractivity contribution is 6.27. The molecule has 0 aliphatic carbocycles. The summed E-state index contributed by atoms with van der Waals surface area (Å²) in [5.74, 6) is 0. The van der Waals surface area contributed by atoms with Gasteiger partial charge in [0.15, 0.2) is 0 Å². The standard InChI is InChI=1S/C41H39BFN2/c1-40(2,3)32-21-17-29(18-22-32)35-26-38(31-19-23-33(24-20-31)41(4,5)6)45(42-43)39(35)27-37-34(28-13-9-7-10-14-28)25-36(44-37)30-15-11-8-12-16-30/h7-27H,1-6H3/b37-27-. The Morgan fingerprint density at radius 1 is 0.622 bits per heavy atom. The van der Waals surface area contributed by atoms with E-state index in [1.807, 2.05) is 42.5 Å². The van der Waals surface area contributed by atoms with Crippen molar-refractivity contribution in [2.45, 2.75) is 52.4 Å². The minimum absolute atomic E-state index is 0.0272. The fraction of sp³-hybridized carbons (Fsp3) is 0.195. The zero-order chi connectivity index (χ0) is 31.8. The van der Waals surface area contributed by atoms with E-state index in [1.165, 1.54) is 11.1 Å². The zero-order valence-corrected chi connectivity index (χ0v) is 27.0. The first kappa shape index (κ1) is 30.3. The first-order valence-electron chi connectivity index (χ1n) is 15.6. The third kappa shape index (κ3) is 6.28. The first-order chi connectivity index (χ1) is 21.5. The summed E-state index contributed by atoms with van der Waals surface area (Å²) in [5.41, 5.74) is 11.8. The van der Waals surface area contributed by atoms with Gasteiger partial charge in [0, 0.05) is 28.1 Å². The number of rotatable bonds is 6. The van der Waals surface area contributed by atoms with Crippen LogP contribution in [0.1, 0.15) is 69.5 Å². The van der Waals surface area contributed by atoms with Gasteiger partial charge in [0.2, 0.25) is 0 Å². The fourth-order valence-corrected chi connectivity index (χ4v) is 5.81. The molecule has 4 aromatic carbocycles. The summed E-state index contributed by atoms with van der Waals surface area (Å²) in [4.78, 5) is 5.12. The van der Waals surface area contributed by atoms with Crippen molar-refractivity contribution in [3.05, 3.63) is 155 Å². The van der Waals surface area contributed by atoms with Gasteiger partial charge in [-0.15, -0.1) is 0 Å². The lowest BCUT2D eigenvalue weighted by Gasteiger charge is -2.19. The Morgan fingerprint density at radius 3 is 1.64 bits per heavy atom. The molecule has 1 aliphatic heterocycles.